The molecule has 1 heterocycles. The summed E-state index contributed by atoms with van der Waals surface area (Å²) >= 11 is 0. The van der Waals surface area contributed by atoms with Gasteiger partial charge in [-0.15, -0.1) is 0 Å². The van der Waals surface area contributed by atoms with Crippen molar-refractivity contribution in [2.45, 2.75) is 23.8 Å². The molecular weight excluding hydrogens is 462 g/mol. The lowest BCUT2D eigenvalue weighted by atomic mass is 10.0. The van der Waals surface area contributed by atoms with E-state index in [1.165, 1.54) is 0 Å². The molecule has 0 aliphatic carbocycles. The molecule has 182 valence electrons. The van der Waals surface area contributed by atoms with Crippen LogP contribution in [0.25, 0.3) is 11.1 Å². The van der Waals surface area contributed by atoms with Gasteiger partial charge in [0.15, 0.2) is 0 Å². The highest BCUT2D eigenvalue weighted by atomic mass is 32.2. The molecule has 1 aliphatic heterocycles. The molecule has 1 N–H and O–H groups in total. The molecule has 0 bridgehead atoms. The zero-order valence-electron chi connectivity index (χ0n) is 19.7. The first-order valence-corrected chi connectivity index (χ1v) is 13.1. The van der Waals surface area contributed by atoms with E-state index in [4.69, 9.17) is 14.7 Å². The summed E-state index contributed by atoms with van der Waals surface area (Å²) in [5, 5.41) is 8.92. The van der Waals surface area contributed by atoms with E-state index in [1.807, 2.05) is 48.5 Å². The average Bonchev–Trinajstić information content (AvgIpc) is 3.33. The Bertz CT molecular complexity index is 1250. The van der Waals surface area contributed by atoms with Crippen molar-refractivity contribution in [1.82, 2.24) is 9.62 Å². The Balaban J connectivity index is 1.19. The lowest BCUT2D eigenvalue weighted by molar-refractivity contribution is 0.261. The molecule has 4 rings (SSSR count). The van der Waals surface area contributed by atoms with Crippen molar-refractivity contribution < 1.29 is 17.9 Å². The van der Waals surface area contributed by atoms with Gasteiger partial charge in [-0.05, 0) is 79.0 Å². The molecule has 0 saturated carbocycles. The lowest BCUT2D eigenvalue weighted by Gasteiger charge is -2.17. The van der Waals surface area contributed by atoms with Crippen LogP contribution in [-0.4, -0.2) is 52.7 Å². The van der Waals surface area contributed by atoms with Crippen molar-refractivity contribution in [1.29, 1.82) is 5.26 Å². The molecular formula is C27H29N3O4S. The molecule has 3 aromatic carbocycles. The number of hydrogen-bond donors (Lipinski definition) is 1. The molecule has 0 aromatic heterocycles. The number of ether oxygens (including phenoxy) is 2. The third-order valence-corrected chi connectivity index (χ3v) is 7.59. The van der Waals surface area contributed by atoms with Crippen LogP contribution in [0.2, 0.25) is 0 Å². The number of nitriles is 1. The molecule has 35 heavy (non-hydrogen) atoms. The minimum atomic E-state index is -3.55. The van der Waals surface area contributed by atoms with Crippen LogP contribution in [0.5, 0.6) is 11.5 Å². The quantitative estimate of drug-likeness (QED) is 0.430. The molecule has 0 radical (unpaired) electrons. The Morgan fingerprint density at radius 1 is 0.971 bits per heavy atom. The summed E-state index contributed by atoms with van der Waals surface area (Å²) in [5.41, 5.74) is 2.77. The van der Waals surface area contributed by atoms with Crippen LogP contribution in [0.1, 0.15) is 18.4 Å². The summed E-state index contributed by atoms with van der Waals surface area (Å²) in [5.74, 6) is 1.44. The van der Waals surface area contributed by atoms with Gasteiger partial charge in [0.25, 0.3) is 0 Å². The second-order valence-corrected chi connectivity index (χ2v) is 10.2. The van der Waals surface area contributed by atoms with Crippen LogP contribution in [0, 0.1) is 11.3 Å². The first-order valence-electron chi connectivity index (χ1n) is 11.6. The normalized spacial score (nSPS) is 16.1. The molecule has 1 fully saturated rings. The first kappa shape index (κ1) is 24.7. The van der Waals surface area contributed by atoms with E-state index in [-0.39, 0.29) is 10.9 Å². The van der Waals surface area contributed by atoms with Gasteiger partial charge in [0, 0.05) is 19.1 Å². The monoisotopic (exact) mass is 491 g/mol. The maximum Gasteiger partial charge on any atom is 0.240 e. The topological polar surface area (TPSA) is 91.7 Å². The van der Waals surface area contributed by atoms with E-state index in [9.17, 15) is 8.42 Å². The number of likely N-dealkylation sites (tertiary alicyclic amines) is 1. The van der Waals surface area contributed by atoms with Gasteiger partial charge < -0.3 is 14.4 Å². The highest BCUT2D eigenvalue weighted by Crippen LogP contribution is 2.23. The van der Waals surface area contributed by atoms with E-state index in [0.717, 1.165) is 42.8 Å². The Morgan fingerprint density at radius 2 is 1.60 bits per heavy atom. The number of benzene rings is 3. The van der Waals surface area contributed by atoms with Gasteiger partial charge in [-0.25, -0.2) is 13.1 Å². The second-order valence-electron chi connectivity index (χ2n) is 8.50. The molecule has 3 aromatic rings. The van der Waals surface area contributed by atoms with Crippen molar-refractivity contribution in [3.63, 3.8) is 0 Å². The summed E-state index contributed by atoms with van der Waals surface area (Å²) in [6, 6.07) is 23.9. The van der Waals surface area contributed by atoms with Crippen molar-refractivity contribution in [2.75, 3.05) is 33.4 Å². The third-order valence-electron chi connectivity index (χ3n) is 6.05. The molecule has 0 unspecified atom stereocenters. The zero-order valence-corrected chi connectivity index (χ0v) is 20.5. The van der Waals surface area contributed by atoms with Gasteiger partial charge in [-0.1, -0.05) is 24.3 Å². The summed E-state index contributed by atoms with van der Waals surface area (Å²) < 4.78 is 39.1. The second kappa shape index (κ2) is 11.4. The fraction of sp³-hybridized carbons (Fsp3) is 0.296. The van der Waals surface area contributed by atoms with Crippen molar-refractivity contribution >= 4 is 10.0 Å². The Labute approximate surface area is 207 Å². The Morgan fingerprint density at radius 3 is 2.23 bits per heavy atom. The van der Waals surface area contributed by atoms with Crippen molar-refractivity contribution in [2.24, 2.45) is 0 Å². The number of hydrogen-bond acceptors (Lipinski definition) is 6. The smallest absolute Gasteiger partial charge is 0.240 e. The number of rotatable bonds is 10. The highest BCUT2D eigenvalue weighted by Gasteiger charge is 2.27. The number of nitrogens with zero attached hydrogens (tertiary/aromatic N) is 2. The standard InChI is InChI=1S/C27H29N3O4S/c1-33-25-11-13-27(14-12-25)35(31,32)29-24-15-17-30(20-24)16-2-18-34-26-9-7-23(8-10-26)22-5-3-21(19-28)4-6-22/h3-14,24,29H,2,15-18,20H2,1H3/t24-/m1/s1. The largest absolute Gasteiger partial charge is 0.497 e. The minimum Gasteiger partial charge on any atom is -0.497 e. The molecule has 0 amide bonds. The number of nitrogens with one attached hydrogen (secondary N) is 1. The van der Waals surface area contributed by atoms with Gasteiger partial charge in [-0.2, -0.15) is 5.26 Å². The summed E-state index contributed by atoms with van der Waals surface area (Å²) in [4.78, 5) is 2.51. The SMILES string of the molecule is COc1ccc(S(=O)(=O)N[C@@H]2CCN(CCCOc3ccc(-c4ccc(C#N)cc4)cc3)C2)cc1. The molecule has 1 atom stereocenters. The molecule has 1 saturated heterocycles. The fourth-order valence-corrected chi connectivity index (χ4v) is 5.39. The van der Waals surface area contributed by atoms with E-state index in [0.29, 0.717) is 24.5 Å². The van der Waals surface area contributed by atoms with E-state index in [1.54, 1.807) is 31.4 Å². The minimum absolute atomic E-state index is 0.0993. The van der Waals surface area contributed by atoms with Gasteiger partial charge in [0.2, 0.25) is 10.0 Å². The van der Waals surface area contributed by atoms with Gasteiger partial charge in [0.1, 0.15) is 11.5 Å². The van der Waals surface area contributed by atoms with Crippen LogP contribution >= 0.6 is 0 Å². The summed E-state index contributed by atoms with van der Waals surface area (Å²) in [7, 11) is -2.00. The van der Waals surface area contributed by atoms with Gasteiger partial charge in [0.05, 0.1) is 30.2 Å². The van der Waals surface area contributed by atoms with Crippen molar-refractivity contribution in [3.8, 4) is 28.7 Å². The number of methoxy groups -OCH3 is 1. The molecule has 7 nitrogen and oxygen atoms in total. The molecule has 1 aliphatic rings. The van der Waals surface area contributed by atoms with Crippen LogP contribution in [0.15, 0.2) is 77.7 Å². The van der Waals surface area contributed by atoms with E-state index >= 15 is 0 Å². The van der Waals surface area contributed by atoms with Gasteiger partial charge in [-0.3, -0.25) is 0 Å². The lowest BCUT2D eigenvalue weighted by Crippen LogP contribution is -2.37. The maximum atomic E-state index is 12.7. The van der Waals surface area contributed by atoms with E-state index < -0.39 is 10.0 Å². The highest BCUT2D eigenvalue weighted by molar-refractivity contribution is 7.89. The third kappa shape index (κ3) is 6.61. The maximum absolute atomic E-state index is 12.7. The summed E-state index contributed by atoms with van der Waals surface area (Å²) in [6.45, 7) is 2.99. The molecule has 0 spiro atoms. The summed E-state index contributed by atoms with van der Waals surface area (Å²) in [6.07, 6.45) is 1.64. The van der Waals surface area contributed by atoms with Gasteiger partial charge >= 0.3 is 0 Å². The molecule has 8 heteroatoms. The van der Waals surface area contributed by atoms with Crippen LogP contribution < -0.4 is 14.2 Å². The number of sulfonamides is 1. The predicted octanol–water partition coefficient (Wildman–Crippen LogP) is 4.06. The van der Waals surface area contributed by atoms with Crippen LogP contribution in [0.4, 0.5) is 0 Å². The Hall–Kier alpha value is -3.38. The zero-order chi connectivity index (χ0) is 24.7. The first-order chi connectivity index (χ1) is 17.0. The average molecular weight is 492 g/mol. The fourth-order valence-electron chi connectivity index (χ4n) is 4.13. The predicted molar refractivity (Wildman–Crippen MR) is 135 cm³/mol. The van der Waals surface area contributed by atoms with Crippen molar-refractivity contribution in [3.05, 3.63) is 78.4 Å². The van der Waals surface area contributed by atoms with E-state index in [2.05, 4.69) is 15.7 Å². The van der Waals surface area contributed by atoms with Crippen LogP contribution in [0.3, 0.4) is 0 Å². The van der Waals surface area contributed by atoms with Crippen LogP contribution in [-0.2, 0) is 10.0 Å². The Kier molecular flexibility index (Phi) is 8.03.